The number of aromatic nitrogens is 1. The molecule has 0 N–H and O–H groups in total. The van der Waals surface area contributed by atoms with E-state index in [9.17, 15) is 19.2 Å². The molecule has 43 heavy (non-hydrogen) atoms. The summed E-state index contributed by atoms with van der Waals surface area (Å²) >= 11 is 10.7. The molecule has 1 saturated carbocycles. The van der Waals surface area contributed by atoms with Gasteiger partial charge in [0.1, 0.15) is 0 Å². The molecule has 1 aliphatic heterocycles. The predicted octanol–water partition coefficient (Wildman–Crippen LogP) is 7.44. The van der Waals surface area contributed by atoms with Gasteiger partial charge in [-0.25, -0.2) is 9.78 Å². The van der Waals surface area contributed by atoms with Gasteiger partial charge in [-0.2, -0.15) is 0 Å². The third-order valence-corrected chi connectivity index (χ3v) is 11.3. The summed E-state index contributed by atoms with van der Waals surface area (Å²) in [7, 11) is 0. The number of carbonyl (C=O) groups excluding carboxylic acids is 4. The maximum Gasteiger partial charge on any atom is 0.339 e. The highest BCUT2D eigenvalue weighted by Gasteiger charge is 2.52. The fourth-order valence-corrected chi connectivity index (χ4v) is 7.28. The van der Waals surface area contributed by atoms with Crippen molar-refractivity contribution in [3.63, 3.8) is 0 Å². The number of aryl methyl sites for hydroxylation is 1. The molecule has 4 atom stereocenters. The van der Waals surface area contributed by atoms with E-state index in [2.05, 4.69) is 47.8 Å². The number of Topliss-reactive ketones (excluding diaryl/α,β-unsaturated/α-hetero) is 1. The standard InChI is InChI=1S/C33H25Br3N2O5/c1-17-2-4-19(5-3-17)30(39)16-43-33(42)25-15-29(37-28-11-8-20(34)12-22(25)28)18-6-9-21(10-7-18)38-31(40)23-13-26(35)27(36)14-24(23)32(38)41/h2-12,15,23-24,26-27H,13-14,16H2,1H3. The first kappa shape index (κ1) is 29.8. The van der Waals surface area contributed by atoms with Crippen molar-refractivity contribution in [3.05, 3.63) is 94.0 Å². The summed E-state index contributed by atoms with van der Waals surface area (Å²) in [4.78, 5) is 58.8. The van der Waals surface area contributed by atoms with Crippen LogP contribution < -0.4 is 4.90 Å². The van der Waals surface area contributed by atoms with Gasteiger partial charge in [-0.3, -0.25) is 19.3 Å². The number of anilines is 1. The maximum absolute atomic E-state index is 13.3. The fourth-order valence-electron chi connectivity index (χ4n) is 5.68. The zero-order valence-electron chi connectivity index (χ0n) is 22.9. The van der Waals surface area contributed by atoms with Gasteiger partial charge in [-0.15, -0.1) is 0 Å². The maximum atomic E-state index is 13.3. The van der Waals surface area contributed by atoms with Gasteiger partial charge in [0.2, 0.25) is 11.8 Å². The molecule has 2 aliphatic rings. The Balaban J connectivity index is 1.27. The average molecular weight is 769 g/mol. The number of fused-ring (bicyclic) bond motifs is 2. The Hall–Kier alpha value is -3.21. The van der Waals surface area contributed by atoms with E-state index in [1.807, 2.05) is 25.1 Å². The van der Waals surface area contributed by atoms with Crippen molar-refractivity contribution >= 4 is 87.9 Å². The Bertz CT molecular complexity index is 1750. The van der Waals surface area contributed by atoms with Crippen LogP contribution in [0.5, 0.6) is 0 Å². The number of pyridine rings is 1. The normalized spacial score (nSPS) is 21.6. The molecule has 2 amide bonds. The minimum absolute atomic E-state index is 0.133. The smallest absolute Gasteiger partial charge is 0.339 e. The molecule has 3 aromatic carbocycles. The number of ketones is 1. The molecule has 0 radical (unpaired) electrons. The van der Waals surface area contributed by atoms with Crippen LogP contribution in [0.4, 0.5) is 5.69 Å². The predicted molar refractivity (Wildman–Crippen MR) is 175 cm³/mol. The Morgan fingerprint density at radius 3 is 2.14 bits per heavy atom. The van der Waals surface area contributed by atoms with E-state index in [0.29, 0.717) is 46.3 Å². The number of nitrogens with zero attached hydrogens (tertiary/aromatic N) is 2. The van der Waals surface area contributed by atoms with Crippen molar-refractivity contribution in [2.24, 2.45) is 11.8 Å². The number of ether oxygens (including phenoxy) is 1. The van der Waals surface area contributed by atoms with Crippen LogP contribution in [0, 0.1) is 18.8 Å². The van der Waals surface area contributed by atoms with Gasteiger partial charge in [0.25, 0.3) is 0 Å². The first-order valence-electron chi connectivity index (χ1n) is 13.7. The Kier molecular flexibility index (Phi) is 8.37. The van der Waals surface area contributed by atoms with E-state index < -0.39 is 12.6 Å². The van der Waals surface area contributed by atoms with E-state index in [0.717, 1.165) is 10.0 Å². The molecule has 4 aromatic rings. The first-order valence-corrected chi connectivity index (χ1v) is 16.4. The van der Waals surface area contributed by atoms with Gasteiger partial charge in [0, 0.05) is 30.6 Å². The minimum Gasteiger partial charge on any atom is -0.454 e. The van der Waals surface area contributed by atoms with Crippen molar-refractivity contribution in [1.29, 1.82) is 0 Å². The summed E-state index contributed by atoms with van der Waals surface area (Å²) in [5.41, 5.74) is 4.04. The molecule has 2 heterocycles. The molecule has 1 saturated heterocycles. The van der Waals surface area contributed by atoms with Crippen LogP contribution >= 0.6 is 47.8 Å². The third kappa shape index (κ3) is 5.84. The molecule has 10 heteroatoms. The van der Waals surface area contributed by atoms with Crippen LogP contribution in [0.15, 0.2) is 77.3 Å². The number of halogens is 3. The molecule has 7 nitrogen and oxygen atoms in total. The van der Waals surface area contributed by atoms with Crippen molar-refractivity contribution in [3.8, 4) is 11.3 Å². The van der Waals surface area contributed by atoms with Crippen LogP contribution in [-0.4, -0.2) is 44.8 Å². The number of hydrogen-bond donors (Lipinski definition) is 0. The lowest BCUT2D eigenvalue weighted by molar-refractivity contribution is -0.122. The van der Waals surface area contributed by atoms with Crippen LogP contribution in [0.1, 0.15) is 39.1 Å². The number of imide groups is 1. The Morgan fingerprint density at radius 1 is 0.884 bits per heavy atom. The summed E-state index contributed by atoms with van der Waals surface area (Å²) in [5.74, 6) is -1.96. The number of alkyl halides is 2. The lowest BCUT2D eigenvalue weighted by Gasteiger charge is -2.29. The average Bonchev–Trinajstić information content (AvgIpc) is 3.24. The fraction of sp³-hybridized carbons (Fsp3) is 0.242. The van der Waals surface area contributed by atoms with Gasteiger partial charge in [-0.1, -0.05) is 89.8 Å². The topological polar surface area (TPSA) is 93.6 Å². The first-order chi connectivity index (χ1) is 20.6. The summed E-state index contributed by atoms with van der Waals surface area (Å²) < 4.78 is 6.23. The summed E-state index contributed by atoms with van der Waals surface area (Å²) in [6.45, 7) is 1.54. The Labute approximate surface area is 273 Å². The van der Waals surface area contributed by atoms with Crippen molar-refractivity contribution in [2.45, 2.75) is 29.4 Å². The molecular formula is C33H25Br3N2O5. The lowest BCUT2D eigenvalue weighted by atomic mass is 9.81. The summed E-state index contributed by atoms with van der Waals surface area (Å²) in [6, 6.07) is 21.1. The van der Waals surface area contributed by atoms with Crippen molar-refractivity contribution < 1.29 is 23.9 Å². The van der Waals surface area contributed by atoms with Crippen molar-refractivity contribution in [1.82, 2.24) is 4.98 Å². The molecule has 2 fully saturated rings. The van der Waals surface area contributed by atoms with Gasteiger partial charge in [0.05, 0.1) is 34.3 Å². The number of carbonyl (C=O) groups is 4. The molecule has 0 spiro atoms. The zero-order valence-corrected chi connectivity index (χ0v) is 27.7. The number of hydrogen-bond acceptors (Lipinski definition) is 6. The number of rotatable bonds is 6. The highest BCUT2D eigenvalue weighted by molar-refractivity contribution is 9.12. The van der Waals surface area contributed by atoms with E-state index in [1.54, 1.807) is 54.6 Å². The third-order valence-electron chi connectivity index (χ3n) is 8.03. The van der Waals surface area contributed by atoms with E-state index in [-0.39, 0.29) is 44.7 Å². The molecule has 4 unspecified atom stereocenters. The minimum atomic E-state index is -0.644. The SMILES string of the molecule is Cc1ccc(C(=O)COC(=O)c2cc(-c3ccc(N4C(=O)C5CC(Br)C(Br)CC5C4=O)cc3)nc3ccc(Br)cc23)cc1. The van der Waals surface area contributed by atoms with E-state index >= 15 is 0 Å². The Morgan fingerprint density at radius 2 is 1.51 bits per heavy atom. The lowest BCUT2D eigenvalue weighted by Crippen LogP contribution is -2.34. The highest BCUT2D eigenvalue weighted by atomic mass is 79.9. The zero-order chi connectivity index (χ0) is 30.4. The van der Waals surface area contributed by atoms with Crippen LogP contribution in [0.2, 0.25) is 0 Å². The second kappa shape index (κ2) is 12.1. The summed E-state index contributed by atoms with van der Waals surface area (Å²) in [5, 5.41) is 0.577. The van der Waals surface area contributed by atoms with E-state index in [1.165, 1.54) is 4.90 Å². The van der Waals surface area contributed by atoms with Crippen LogP contribution in [0.25, 0.3) is 22.2 Å². The quantitative estimate of drug-likeness (QED) is 0.0877. The molecule has 1 aromatic heterocycles. The number of benzene rings is 3. The molecule has 1 aliphatic carbocycles. The molecule has 0 bridgehead atoms. The van der Waals surface area contributed by atoms with Gasteiger partial charge >= 0.3 is 5.97 Å². The molecular weight excluding hydrogens is 744 g/mol. The second-order valence-electron chi connectivity index (χ2n) is 10.9. The van der Waals surface area contributed by atoms with Gasteiger partial charge < -0.3 is 4.74 Å². The second-order valence-corrected chi connectivity index (χ2v) is 14.1. The van der Waals surface area contributed by atoms with E-state index in [4.69, 9.17) is 9.72 Å². The highest BCUT2D eigenvalue weighted by Crippen LogP contribution is 2.44. The van der Waals surface area contributed by atoms with Crippen LogP contribution in [0.3, 0.4) is 0 Å². The molecule has 6 rings (SSSR count). The van der Waals surface area contributed by atoms with Crippen LogP contribution in [-0.2, 0) is 14.3 Å². The molecule has 218 valence electrons. The monoisotopic (exact) mass is 766 g/mol. The van der Waals surface area contributed by atoms with Gasteiger partial charge in [0.15, 0.2) is 12.4 Å². The number of esters is 1. The van der Waals surface area contributed by atoms with Gasteiger partial charge in [-0.05, 0) is 56.2 Å². The number of amides is 2. The van der Waals surface area contributed by atoms with Crippen molar-refractivity contribution in [2.75, 3.05) is 11.5 Å². The summed E-state index contributed by atoms with van der Waals surface area (Å²) in [6.07, 6.45) is 1.21. The largest absolute Gasteiger partial charge is 0.454 e.